The van der Waals surface area contributed by atoms with Crippen molar-refractivity contribution in [2.24, 2.45) is 0 Å². The van der Waals surface area contributed by atoms with Crippen LogP contribution in [0.4, 0.5) is 5.69 Å². The molecular weight excluding hydrogens is 350 g/mol. The van der Waals surface area contributed by atoms with Crippen molar-refractivity contribution in [3.63, 3.8) is 0 Å². The van der Waals surface area contributed by atoms with Crippen molar-refractivity contribution in [2.45, 2.75) is 13.0 Å². The third kappa shape index (κ3) is 5.19. The molecule has 134 valence electrons. The number of likely N-dealkylation sites (N-methyl/N-ethyl adjacent to an activating group) is 1. The van der Waals surface area contributed by atoms with E-state index in [1.807, 2.05) is 0 Å². The molecule has 1 atom stereocenters. The van der Waals surface area contributed by atoms with Crippen molar-refractivity contribution in [2.75, 3.05) is 18.9 Å². The number of thiophene rings is 1. The number of carbonyl (C=O) groups excluding carboxylic acids is 3. The molecule has 6 nitrogen and oxygen atoms in total. The number of nitrogens with zero attached hydrogens (tertiary/aromatic N) is 1. The second-order valence-electron chi connectivity index (χ2n) is 5.64. The number of anilines is 1. The third-order valence-corrected chi connectivity index (χ3v) is 4.40. The van der Waals surface area contributed by atoms with Crippen molar-refractivity contribution in [1.29, 1.82) is 0 Å². The number of terminal acetylenes is 1. The molecule has 1 aromatic heterocycles. The first-order valence-corrected chi connectivity index (χ1v) is 8.74. The molecule has 26 heavy (non-hydrogen) atoms. The first kappa shape index (κ1) is 19.2. The van der Waals surface area contributed by atoms with E-state index in [0.29, 0.717) is 16.1 Å². The molecular formula is C19H19N3O3S. The zero-order valence-corrected chi connectivity index (χ0v) is 15.3. The van der Waals surface area contributed by atoms with Gasteiger partial charge in [-0.15, -0.1) is 17.8 Å². The van der Waals surface area contributed by atoms with E-state index < -0.39 is 6.04 Å². The molecule has 0 aliphatic rings. The van der Waals surface area contributed by atoms with Crippen LogP contribution in [0.15, 0.2) is 41.8 Å². The minimum Gasteiger partial charge on any atom is -0.340 e. The van der Waals surface area contributed by atoms with Gasteiger partial charge >= 0.3 is 0 Å². The second-order valence-corrected chi connectivity index (χ2v) is 6.59. The minimum absolute atomic E-state index is 0.141. The Labute approximate surface area is 156 Å². The van der Waals surface area contributed by atoms with E-state index in [9.17, 15) is 14.4 Å². The molecule has 0 radical (unpaired) electrons. The van der Waals surface area contributed by atoms with Gasteiger partial charge in [0.1, 0.15) is 6.04 Å². The van der Waals surface area contributed by atoms with E-state index in [1.165, 1.54) is 23.3 Å². The Morgan fingerprint density at radius 2 is 2.04 bits per heavy atom. The summed E-state index contributed by atoms with van der Waals surface area (Å²) in [5, 5.41) is 7.10. The van der Waals surface area contributed by atoms with Crippen molar-refractivity contribution < 1.29 is 14.4 Å². The normalized spacial score (nSPS) is 11.1. The first-order chi connectivity index (χ1) is 12.4. The van der Waals surface area contributed by atoms with Crippen molar-refractivity contribution in [3.8, 4) is 12.3 Å². The lowest BCUT2D eigenvalue weighted by atomic mass is 10.2. The predicted octanol–water partition coefficient (Wildman–Crippen LogP) is 1.94. The van der Waals surface area contributed by atoms with Crippen LogP contribution < -0.4 is 10.6 Å². The van der Waals surface area contributed by atoms with Gasteiger partial charge in [0.05, 0.1) is 11.4 Å². The van der Waals surface area contributed by atoms with Gasteiger partial charge in [-0.3, -0.25) is 14.4 Å². The van der Waals surface area contributed by atoms with Crippen molar-refractivity contribution in [3.05, 3.63) is 52.2 Å². The van der Waals surface area contributed by atoms with Crippen LogP contribution >= 0.6 is 11.3 Å². The maximum Gasteiger partial charge on any atom is 0.261 e. The number of nitrogens with one attached hydrogen (secondary N) is 2. The molecule has 0 saturated carbocycles. The van der Waals surface area contributed by atoms with E-state index >= 15 is 0 Å². The highest BCUT2D eigenvalue weighted by atomic mass is 32.1. The number of hydrogen-bond donors (Lipinski definition) is 2. The van der Waals surface area contributed by atoms with Crippen molar-refractivity contribution in [1.82, 2.24) is 10.2 Å². The van der Waals surface area contributed by atoms with Gasteiger partial charge in [-0.2, -0.15) is 0 Å². The van der Waals surface area contributed by atoms with Gasteiger partial charge in [-0.05, 0) is 36.6 Å². The minimum atomic E-state index is -0.743. The monoisotopic (exact) mass is 369 g/mol. The highest BCUT2D eigenvalue weighted by molar-refractivity contribution is 7.12. The lowest BCUT2D eigenvalue weighted by molar-refractivity contribution is -0.134. The van der Waals surface area contributed by atoms with E-state index in [4.69, 9.17) is 6.42 Å². The summed E-state index contributed by atoms with van der Waals surface area (Å²) in [6.07, 6.45) is 5.33. The Balaban J connectivity index is 1.88. The maximum absolute atomic E-state index is 12.3. The summed E-state index contributed by atoms with van der Waals surface area (Å²) in [7, 11) is 1.51. The van der Waals surface area contributed by atoms with E-state index in [-0.39, 0.29) is 24.3 Å². The van der Waals surface area contributed by atoms with Gasteiger partial charge in [0.2, 0.25) is 11.8 Å². The summed E-state index contributed by atoms with van der Waals surface area (Å²) in [6, 6.07) is 9.57. The largest absolute Gasteiger partial charge is 0.340 e. The lowest BCUT2D eigenvalue weighted by Crippen LogP contribution is -2.47. The quantitative estimate of drug-likeness (QED) is 0.764. The summed E-state index contributed by atoms with van der Waals surface area (Å²) in [5.41, 5.74) is 1.21. The van der Waals surface area contributed by atoms with E-state index in [2.05, 4.69) is 16.6 Å². The summed E-state index contributed by atoms with van der Waals surface area (Å²) in [4.78, 5) is 38.3. The molecule has 0 aliphatic carbocycles. The standard InChI is InChI=1S/C19H19N3O3S/c1-4-14-7-5-8-15(11-14)21-17(23)12-22(3)19(25)13(2)20-18(24)16-9-6-10-26-16/h1,5-11,13H,12H2,2-3H3,(H,20,24)(H,21,23). The molecule has 0 saturated heterocycles. The van der Waals surface area contributed by atoms with Crippen LogP contribution in [0.5, 0.6) is 0 Å². The van der Waals surface area contributed by atoms with Crippen LogP contribution in [-0.2, 0) is 9.59 Å². The molecule has 1 unspecified atom stereocenters. The molecule has 3 amide bonds. The zero-order valence-electron chi connectivity index (χ0n) is 14.5. The fourth-order valence-electron chi connectivity index (χ4n) is 2.25. The second kappa shape index (κ2) is 8.83. The Hall–Kier alpha value is -3.11. The van der Waals surface area contributed by atoms with Crippen LogP contribution in [0.1, 0.15) is 22.2 Å². The molecule has 2 aromatic rings. The topological polar surface area (TPSA) is 78.5 Å². The Kier molecular flexibility index (Phi) is 6.53. The fourth-order valence-corrected chi connectivity index (χ4v) is 2.88. The summed E-state index contributed by atoms with van der Waals surface area (Å²) in [6.45, 7) is 1.44. The molecule has 2 N–H and O–H groups in total. The third-order valence-electron chi connectivity index (χ3n) is 3.53. The average Bonchev–Trinajstić information content (AvgIpc) is 3.15. The van der Waals surface area contributed by atoms with Crippen LogP contribution in [0.25, 0.3) is 0 Å². The SMILES string of the molecule is C#Cc1cccc(NC(=O)CN(C)C(=O)C(C)NC(=O)c2cccs2)c1. The summed E-state index contributed by atoms with van der Waals surface area (Å²) >= 11 is 1.29. The first-order valence-electron chi connectivity index (χ1n) is 7.86. The smallest absolute Gasteiger partial charge is 0.261 e. The number of amides is 3. The van der Waals surface area contributed by atoms with E-state index in [1.54, 1.807) is 48.7 Å². The molecule has 0 aliphatic heterocycles. The van der Waals surface area contributed by atoms with Gasteiger partial charge in [0.25, 0.3) is 5.91 Å². The van der Waals surface area contributed by atoms with Gasteiger partial charge in [0, 0.05) is 18.3 Å². The lowest BCUT2D eigenvalue weighted by Gasteiger charge is -2.21. The Morgan fingerprint density at radius 1 is 1.27 bits per heavy atom. The molecule has 0 spiro atoms. The van der Waals surface area contributed by atoms with E-state index in [0.717, 1.165) is 0 Å². The van der Waals surface area contributed by atoms with Crippen LogP contribution in [0.3, 0.4) is 0 Å². The van der Waals surface area contributed by atoms with Crippen molar-refractivity contribution >= 4 is 34.7 Å². The highest BCUT2D eigenvalue weighted by Gasteiger charge is 2.22. The van der Waals surface area contributed by atoms with Crippen LogP contribution in [0.2, 0.25) is 0 Å². The van der Waals surface area contributed by atoms with Gasteiger partial charge in [-0.25, -0.2) is 0 Å². The molecule has 1 heterocycles. The highest BCUT2D eigenvalue weighted by Crippen LogP contribution is 2.10. The molecule has 7 heteroatoms. The maximum atomic E-state index is 12.3. The number of hydrogen-bond acceptors (Lipinski definition) is 4. The molecule has 2 rings (SSSR count). The Morgan fingerprint density at radius 3 is 2.69 bits per heavy atom. The predicted molar refractivity (Wildman–Crippen MR) is 102 cm³/mol. The number of benzene rings is 1. The van der Waals surface area contributed by atoms with Gasteiger partial charge < -0.3 is 15.5 Å². The van der Waals surface area contributed by atoms with Crippen LogP contribution in [0, 0.1) is 12.3 Å². The molecule has 0 fully saturated rings. The summed E-state index contributed by atoms with van der Waals surface area (Å²) in [5.74, 6) is 1.46. The zero-order chi connectivity index (χ0) is 19.1. The van der Waals surface area contributed by atoms with Gasteiger partial charge in [0.15, 0.2) is 0 Å². The summed E-state index contributed by atoms with van der Waals surface area (Å²) < 4.78 is 0. The average molecular weight is 369 g/mol. The molecule has 1 aromatic carbocycles. The fraction of sp³-hybridized carbons (Fsp3) is 0.211. The van der Waals surface area contributed by atoms with Gasteiger partial charge in [-0.1, -0.05) is 18.1 Å². The molecule has 0 bridgehead atoms. The van der Waals surface area contributed by atoms with Crippen LogP contribution in [-0.4, -0.2) is 42.3 Å². The number of rotatable bonds is 6. The Bertz CT molecular complexity index is 840. The number of carbonyl (C=O) groups is 3.